The van der Waals surface area contributed by atoms with E-state index in [2.05, 4.69) is 21.0 Å². The van der Waals surface area contributed by atoms with E-state index in [9.17, 15) is 0 Å². The van der Waals surface area contributed by atoms with Crippen LogP contribution >= 0.6 is 0 Å². The van der Waals surface area contributed by atoms with Crippen LogP contribution in [0.1, 0.15) is 30.8 Å². The average Bonchev–Trinajstić information content (AvgIpc) is 2.40. The molecule has 4 nitrogen and oxygen atoms in total. The molecule has 0 bridgehead atoms. The number of aromatic nitrogens is 3. The molecule has 0 saturated heterocycles. The highest BCUT2D eigenvalue weighted by atomic mass is 14.9. The van der Waals surface area contributed by atoms with Crippen molar-refractivity contribution in [2.75, 3.05) is 0 Å². The van der Waals surface area contributed by atoms with E-state index in [1.807, 2.05) is 38.1 Å². The van der Waals surface area contributed by atoms with Gasteiger partial charge in [-0.15, -0.1) is 0 Å². The maximum Gasteiger partial charge on any atom is 0.146 e. The summed E-state index contributed by atoms with van der Waals surface area (Å²) in [4.78, 5) is 13.1. The first-order valence-corrected chi connectivity index (χ1v) is 5.91. The van der Waals surface area contributed by atoms with Gasteiger partial charge in [0.2, 0.25) is 0 Å². The van der Waals surface area contributed by atoms with Crippen molar-refractivity contribution in [3.05, 3.63) is 42.0 Å². The van der Waals surface area contributed by atoms with Crippen LogP contribution in [-0.2, 0) is 0 Å². The Morgan fingerprint density at radius 2 is 2.11 bits per heavy atom. The zero-order chi connectivity index (χ0) is 13.0. The summed E-state index contributed by atoms with van der Waals surface area (Å²) in [5, 5.41) is 9.09. The lowest BCUT2D eigenvalue weighted by atomic mass is 10.1. The highest BCUT2D eigenvalue weighted by Crippen LogP contribution is 2.20. The summed E-state index contributed by atoms with van der Waals surface area (Å²) in [6.45, 7) is 3.86. The fourth-order valence-corrected chi connectivity index (χ4v) is 1.72. The van der Waals surface area contributed by atoms with Gasteiger partial charge < -0.3 is 0 Å². The molecule has 1 unspecified atom stereocenters. The molecule has 2 heterocycles. The van der Waals surface area contributed by atoms with Gasteiger partial charge in [0.1, 0.15) is 11.7 Å². The predicted octanol–water partition coefficient (Wildman–Crippen LogP) is 2.86. The Morgan fingerprint density at radius 3 is 2.72 bits per heavy atom. The van der Waals surface area contributed by atoms with E-state index in [1.54, 1.807) is 6.20 Å². The van der Waals surface area contributed by atoms with Crippen LogP contribution in [0, 0.1) is 18.3 Å². The molecule has 0 aromatic carbocycles. The summed E-state index contributed by atoms with van der Waals surface area (Å²) in [5.74, 6) is 0.327. The summed E-state index contributed by atoms with van der Waals surface area (Å²) in [5.41, 5.74) is 2.43. The molecule has 0 radical (unpaired) electrons. The van der Waals surface area contributed by atoms with Crippen LogP contribution in [0.4, 0.5) is 0 Å². The molecule has 0 fully saturated rings. The molecule has 0 aliphatic carbocycles. The minimum Gasteiger partial charge on any atom is -0.255 e. The molecular formula is C14H14N4. The zero-order valence-electron chi connectivity index (χ0n) is 10.5. The average molecular weight is 238 g/mol. The molecule has 1 atom stereocenters. The monoisotopic (exact) mass is 238 g/mol. The van der Waals surface area contributed by atoms with Crippen LogP contribution in [-0.4, -0.2) is 15.0 Å². The second-order valence-corrected chi connectivity index (χ2v) is 4.06. The largest absolute Gasteiger partial charge is 0.255 e. The lowest BCUT2D eigenvalue weighted by molar-refractivity contribution is 0.746. The molecule has 0 amide bonds. The van der Waals surface area contributed by atoms with Crippen LogP contribution in [0.5, 0.6) is 0 Å². The SMILES string of the molecule is CCC(C#N)c1nc(C)cc(-c2ccccn2)n1. The van der Waals surface area contributed by atoms with E-state index in [0.29, 0.717) is 12.2 Å². The molecule has 4 heteroatoms. The van der Waals surface area contributed by atoms with E-state index < -0.39 is 0 Å². The first-order chi connectivity index (χ1) is 8.74. The molecule has 18 heavy (non-hydrogen) atoms. The van der Waals surface area contributed by atoms with Crippen LogP contribution in [0.2, 0.25) is 0 Å². The number of pyridine rings is 1. The molecule has 2 rings (SSSR count). The van der Waals surface area contributed by atoms with Gasteiger partial charge in [0.15, 0.2) is 0 Å². The second kappa shape index (κ2) is 5.37. The number of aryl methyl sites for hydroxylation is 1. The van der Waals surface area contributed by atoms with Crippen LogP contribution < -0.4 is 0 Å². The van der Waals surface area contributed by atoms with Gasteiger partial charge in [-0.3, -0.25) is 4.98 Å². The Hall–Kier alpha value is -2.28. The van der Waals surface area contributed by atoms with Crippen molar-refractivity contribution >= 4 is 0 Å². The maximum atomic E-state index is 9.09. The molecule has 2 aromatic rings. The van der Waals surface area contributed by atoms with Crippen molar-refractivity contribution in [3.8, 4) is 17.5 Å². The lowest BCUT2D eigenvalue weighted by Crippen LogP contribution is -2.04. The summed E-state index contributed by atoms with van der Waals surface area (Å²) in [7, 11) is 0. The van der Waals surface area contributed by atoms with Gasteiger partial charge in [-0.05, 0) is 31.5 Å². The van der Waals surface area contributed by atoms with Crippen molar-refractivity contribution < 1.29 is 0 Å². The van der Waals surface area contributed by atoms with Gasteiger partial charge >= 0.3 is 0 Å². The standard InChI is InChI=1S/C14H14N4/c1-3-11(9-15)14-17-10(2)8-13(18-14)12-6-4-5-7-16-12/h4-8,11H,3H2,1-2H3. The summed E-state index contributed by atoms with van der Waals surface area (Å²) >= 11 is 0. The molecule has 0 aliphatic rings. The van der Waals surface area contributed by atoms with E-state index >= 15 is 0 Å². The lowest BCUT2D eigenvalue weighted by Gasteiger charge is -2.08. The molecule has 0 spiro atoms. The van der Waals surface area contributed by atoms with Crippen LogP contribution in [0.3, 0.4) is 0 Å². The van der Waals surface area contributed by atoms with Gasteiger partial charge in [-0.1, -0.05) is 13.0 Å². The zero-order valence-corrected chi connectivity index (χ0v) is 10.5. The normalized spacial score (nSPS) is 11.8. The van der Waals surface area contributed by atoms with Crippen molar-refractivity contribution in [1.82, 2.24) is 15.0 Å². The van der Waals surface area contributed by atoms with Crippen molar-refractivity contribution in [1.29, 1.82) is 5.26 Å². The second-order valence-electron chi connectivity index (χ2n) is 4.06. The van der Waals surface area contributed by atoms with E-state index in [-0.39, 0.29) is 5.92 Å². The van der Waals surface area contributed by atoms with E-state index in [0.717, 1.165) is 17.1 Å². The van der Waals surface area contributed by atoms with Crippen molar-refractivity contribution in [3.63, 3.8) is 0 Å². The minimum atomic E-state index is -0.257. The Labute approximate surface area is 106 Å². The van der Waals surface area contributed by atoms with E-state index in [4.69, 9.17) is 5.26 Å². The molecule has 90 valence electrons. The highest BCUT2D eigenvalue weighted by Gasteiger charge is 2.13. The van der Waals surface area contributed by atoms with Gasteiger partial charge in [0.25, 0.3) is 0 Å². The third-order valence-corrected chi connectivity index (χ3v) is 2.67. The van der Waals surface area contributed by atoms with Crippen LogP contribution in [0.15, 0.2) is 30.5 Å². The predicted molar refractivity (Wildman–Crippen MR) is 68.6 cm³/mol. The fraction of sp³-hybridized carbons (Fsp3) is 0.286. The number of rotatable bonds is 3. The van der Waals surface area contributed by atoms with Gasteiger partial charge in [0.05, 0.1) is 17.5 Å². The number of hydrogen-bond donors (Lipinski definition) is 0. The molecular weight excluding hydrogens is 224 g/mol. The Morgan fingerprint density at radius 1 is 1.28 bits per heavy atom. The summed E-state index contributed by atoms with van der Waals surface area (Å²) in [6, 6.07) is 9.80. The Kier molecular flexibility index (Phi) is 3.63. The number of nitriles is 1. The van der Waals surface area contributed by atoms with Gasteiger partial charge in [0, 0.05) is 11.9 Å². The number of nitrogens with zero attached hydrogens (tertiary/aromatic N) is 4. The quantitative estimate of drug-likeness (QED) is 0.824. The van der Waals surface area contributed by atoms with Crippen molar-refractivity contribution in [2.24, 2.45) is 0 Å². The van der Waals surface area contributed by atoms with Crippen molar-refractivity contribution in [2.45, 2.75) is 26.2 Å². The summed E-state index contributed by atoms with van der Waals surface area (Å²) in [6.07, 6.45) is 2.44. The van der Waals surface area contributed by atoms with Gasteiger partial charge in [-0.25, -0.2) is 9.97 Å². The third-order valence-electron chi connectivity index (χ3n) is 2.67. The molecule has 0 aliphatic heterocycles. The smallest absolute Gasteiger partial charge is 0.146 e. The molecule has 0 saturated carbocycles. The fourth-order valence-electron chi connectivity index (χ4n) is 1.72. The highest BCUT2D eigenvalue weighted by molar-refractivity contribution is 5.54. The topological polar surface area (TPSA) is 62.5 Å². The van der Waals surface area contributed by atoms with Gasteiger partial charge in [-0.2, -0.15) is 5.26 Å². The Balaban J connectivity index is 2.48. The maximum absolute atomic E-state index is 9.09. The minimum absolute atomic E-state index is 0.257. The number of hydrogen-bond acceptors (Lipinski definition) is 4. The summed E-state index contributed by atoms with van der Waals surface area (Å²) < 4.78 is 0. The third kappa shape index (κ3) is 2.51. The first-order valence-electron chi connectivity index (χ1n) is 5.91. The molecule has 0 N–H and O–H groups in total. The first kappa shape index (κ1) is 12.2. The Bertz CT molecular complexity index is 572. The van der Waals surface area contributed by atoms with Crippen LogP contribution in [0.25, 0.3) is 11.4 Å². The molecule has 2 aromatic heterocycles. The van der Waals surface area contributed by atoms with E-state index in [1.165, 1.54) is 0 Å².